The third kappa shape index (κ3) is 1.90. The van der Waals surface area contributed by atoms with Gasteiger partial charge >= 0.3 is 0 Å². The summed E-state index contributed by atoms with van der Waals surface area (Å²) in [5.74, 6) is -0.374. The average Bonchev–Trinajstić information content (AvgIpc) is 2.82. The van der Waals surface area contributed by atoms with E-state index < -0.39 is 6.10 Å². The van der Waals surface area contributed by atoms with E-state index in [1.54, 1.807) is 30.0 Å². The van der Waals surface area contributed by atoms with Gasteiger partial charge in [0.1, 0.15) is 12.1 Å². The van der Waals surface area contributed by atoms with Crippen molar-refractivity contribution in [3.8, 4) is 5.69 Å². The van der Waals surface area contributed by atoms with Crippen LogP contribution in [0, 0.1) is 5.82 Å². The van der Waals surface area contributed by atoms with Crippen LogP contribution < -0.4 is 0 Å². The maximum atomic E-state index is 14.1. The number of hydrogen-bond donors (Lipinski definition) is 1. The van der Waals surface area contributed by atoms with E-state index >= 15 is 0 Å². The summed E-state index contributed by atoms with van der Waals surface area (Å²) in [6.07, 6.45) is 0.835. The zero-order valence-electron chi connectivity index (χ0n) is 10.4. The van der Waals surface area contributed by atoms with Gasteiger partial charge in [-0.05, 0) is 25.1 Å². The molecular formula is C15H13FN2O. The normalized spacial score (nSPS) is 12.8. The Morgan fingerprint density at radius 2 is 1.95 bits per heavy atom. The second-order valence-electron chi connectivity index (χ2n) is 4.46. The number of aliphatic hydroxyl groups excluding tert-OH is 1. The van der Waals surface area contributed by atoms with Crippen molar-refractivity contribution in [3.63, 3.8) is 0 Å². The SMILES string of the molecule is C[C@@H](O)c1cccc(F)c1-n1cnc2ccccc21. The molecule has 0 bridgehead atoms. The molecule has 0 radical (unpaired) electrons. The molecular weight excluding hydrogens is 243 g/mol. The number of hydrogen-bond acceptors (Lipinski definition) is 2. The number of fused-ring (bicyclic) bond motifs is 1. The van der Waals surface area contributed by atoms with Crippen molar-refractivity contribution in [2.75, 3.05) is 0 Å². The van der Waals surface area contributed by atoms with Gasteiger partial charge in [0.05, 0.1) is 22.8 Å². The number of nitrogens with zero attached hydrogens (tertiary/aromatic N) is 2. The van der Waals surface area contributed by atoms with Crippen molar-refractivity contribution in [3.05, 3.63) is 60.2 Å². The van der Waals surface area contributed by atoms with Crippen LogP contribution >= 0.6 is 0 Å². The Kier molecular flexibility index (Phi) is 2.80. The number of halogens is 1. The maximum absolute atomic E-state index is 14.1. The van der Waals surface area contributed by atoms with Crippen molar-refractivity contribution in [1.82, 2.24) is 9.55 Å². The van der Waals surface area contributed by atoms with E-state index in [2.05, 4.69) is 4.98 Å². The van der Waals surface area contributed by atoms with Gasteiger partial charge in [0.25, 0.3) is 0 Å². The van der Waals surface area contributed by atoms with Crippen LogP contribution in [0.15, 0.2) is 48.8 Å². The molecule has 3 aromatic rings. The monoisotopic (exact) mass is 256 g/mol. The Bertz CT molecular complexity index is 734. The molecule has 0 amide bonds. The summed E-state index contributed by atoms with van der Waals surface area (Å²) in [7, 11) is 0. The lowest BCUT2D eigenvalue weighted by molar-refractivity contribution is 0.198. The molecule has 1 aromatic heterocycles. The summed E-state index contributed by atoms with van der Waals surface area (Å²) in [4.78, 5) is 4.25. The number of benzene rings is 2. The Morgan fingerprint density at radius 1 is 1.16 bits per heavy atom. The molecule has 0 spiro atoms. The van der Waals surface area contributed by atoms with Crippen LogP contribution in [0.2, 0.25) is 0 Å². The molecule has 1 heterocycles. The van der Waals surface area contributed by atoms with Crippen LogP contribution in [0.1, 0.15) is 18.6 Å². The van der Waals surface area contributed by atoms with Gasteiger partial charge in [0, 0.05) is 5.56 Å². The van der Waals surface area contributed by atoms with Crippen molar-refractivity contribution in [2.24, 2.45) is 0 Å². The first-order valence-corrected chi connectivity index (χ1v) is 6.07. The fourth-order valence-electron chi connectivity index (χ4n) is 2.26. The number of imidazole rings is 1. The van der Waals surface area contributed by atoms with Gasteiger partial charge in [0.2, 0.25) is 0 Å². The van der Waals surface area contributed by atoms with Crippen LogP contribution in [-0.2, 0) is 0 Å². The summed E-state index contributed by atoms with van der Waals surface area (Å²) < 4.78 is 15.8. The van der Waals surface area contributed by atoms with Crippen molar-refractivity contribution in [2.45, 2.75) is 13.0 Å². The molecule has 0 aliphatic rings. The lowest BCUT2D eigenvalue weighted by Crippen LogP contribution is -2.04. The number of aromatic nitrogens is 2. The minimum atomic E-state index is -0.744. The van der Waals surface area contributed by atoms with Crippen LogP contribution in [-0.4, -0.2) is 14.7 Å². The smallest absolute Gasteiger partial charge is 0.147 e. The highest BCUT2D eigenvalue weighted by Gasteiger charge is 2.16. The van der Waals surface area contributed by atoms with E-state index in [1.165, 1.54) is 6.07 Å². The highest BCUT2D eigenvalue weighted by atomic mass is 19.1. The van der Waals surface area contributed by atoms with E-state index in [1.807, 2.05) is 24.3 Å². The average molecular weight is 256 g/mol. The van der Waals surface area contributed by atoms with Gasteiger partial charge < -0.3 is 5.11 Å². The molecule has 0 aliphatic heterocycles. The molecule has 2 aromatic carbocycles. The Labute approximate surface area is 109 Å². The van der Waals surface area contributed by atoms with E-state index in [-0.39, 0.29) is 5.82 Å². The summed E-state index contributed by atoms with van der Waals surface area (Å²) in [5, 5.41) is 9.80. The predicted molar refractivity (Wildman–Crippen MR) is 71.7 cm³/mol. The standard InChI is InChI=1S/C15H13FN2O/c1-10(19)11-5-4-6-12(16)15(11)18-9-17-13-7-2-3-8-14(13)18/h2-10,19H,1H3/t10-/m1/s1. The minimum absolute atomic E-state index is 0.353. The quantitative estimate of drug-likeness (QED) is 0.764. The van der Waals surface area contributed by atoms with Gasteiger partial charge in [-0.3, -0.25) is 4.57 Å². The molecule has 0 fully saturated rings. The first-order chi connectivity index (χ1) is 9.18. The summed E-state index contributed by atoms with van der Waals surface area (Å²) >= 11 is 0. The molecule has 0 saturated carbocycles. The zero-order chi connectivity index (χ0) is 13.4. The summed E-state index contributed by atoms with van der Waals surface area (Å²) in [6.45, 7) is 1.62. The number of rotatable bonds is 2. The van der Waals surface area contributed by atoms with E-state index in [0.29, 0.717) is 11.3 Å². The molecule has 96 valence electrons. The van der Waals surface area contributed by atoms with Gasteiger partial charge in [-0.25, -0.2) is 9.37 Å². The van der Waals surface area contributed by atoms with Crippen molar-refractivity contribution in [1.29, 1.82) is 0 Å². The van der Waals surface area contributed by atoms with Gasteiger partial charge in [-0.1, -0.05) is 24.3 Å². The van der Waals surface area contributed by atoms with Crippen molar-refractivity contribution >= 4 is 11.0 Å². The molecule has 1 N–H and O–H groups in total. The number of aliphatic hydroxyl groups is 1. The van der Waals surface area contributed by atoms with E-state index in [0.717, 1.165) is 11.0 Å². The molecule has 3 rings (SSSR count). The second-order valence-corrected chi connectivity index (χ2v) is 4.46. The minimum Gasteiger partial charge on any atom is -0.389 e. The topological polar surface area (TPSA) is 38.0 Å². The van der Waals surface area contributed by atoms with Crippen LogP contribution in [0.5, 0.6) is 0 Å². The van der Waals surface area contributed by atoms with Crippen LogP contribution in [0.3, 0.4) is 0 Å². The van der Waals surface area contributed by atoms with E-state index in [4.69, 9.17) is 0 Å². The Balaban J connectivity index is 2.33. The second kappa shape index (κ2) is 4.48. The molecule has 1 atom stereocenters. The Hall–Kier alpha value is -2.20. The van der Waals surface area contributed by atoms with E-state index in [9.17, 15) is 9.50 Å². The Morgan fingerprint density at radius 3 is 2.74 bits per heavy atom. The molecule has 4 heteroatoms. The predicted octanol–water partition coefficient (Wildman–Crippen LogP) is 3.22. The first-order valence-electron chi connectivity index (χ1n) is 6.07. The molecule has 19 heavy (non-hydrogen) atoms. The maximum Gasteiger partial charge on any atom is 0.147 e. The first kappa shape index (κ1) is 11.9. The van der Waals surface area contributed by atoms with Gasteiger partial charge in [-0.15, -0.1) is 0 Å². The number of para-hydroxylation sites is 3. The highest BCUT2D eigenvalue weighted by Crippen LogP contribution is 2.27. The van der Waals surface area contributed by atoms with Gasteiger partial charge in [0.15, 0.2) is 0 Å². The third-order valence-electron chi connectivity index (χ3n) is 3.16. The lowest BCUT2D eigenvalue weighted by Gasteiger charge is -2.14. The summed E-state index contributed by atoms with van der Waals surface area (Å²) in [5.41, 5.74) is 2.51. The molecule has 3 nitrogen and oxygen atoms in total. The van der Waals surface area contributed by atoms with Crippen molar-refractivity contribution < 1.29 is 9.50 Å². The zero-order valence-corrected chi connectivity index (χ0v) is 10.4. The van der Waals surface area contributed by atoms with Crippen LogP contribution in [0.4, 0.5) is 4.39 Å². The molecule has 0 aliphatic carbocycles. The summed E-state index contributed by atoms with van der Waals surface area (Å²) in [6, 6.07) is 12.2. The lowest BCUT2D eigenvalue weighted by atomic mass is 10.1. The molecule has 0 saturated heterocycles. The van der Waals surface area contributed by atoms with Crippen LogP contribution in [0.25, 0.3) is 16.7 Å². The fraction of sp³-hybridized carbons (Fsp3) is 0.133. The largest absolute Gasteiger partial charge is 0.389 e. The third-order valence-corrected chi connectivity index (χ3v) is 3.16. The van der Waals surface area contributed by atoms with Gasteiger partial charge in [-0.2, -0.15) is 0 Å². The molecule has 0 unspecified atom stereocenters. The fourth-order valence-corrected chi connectivity index (χ4v) is 2.26. The highest BCUT2D eigenvalue weighted by molar-refractivity contribution is 5.77.